The number of halogens is 2. The highest BCUT2D eigenvalue weighted by Gasteiger charge is 2.33. The first-order valence-corrected chi connectivity index (χ1v) is 8.81. The number of carbonyl (C=O) groups is 1. The van der Waals surface area contributed by atoms with E-state index >= 15 is 0 Å². The topological polar surface area (TPSA) is 80.2 Å². The molecule has 2 heterocycles. The van der Waals surface area contributed by atoms with Crippen molar-refractivity contribution >= 4 is 5.91 Å². The molecule has 2 aliphatic rings. The number of imidazole rings is 1. The molecular formula is C18H21F2N5O2. The monoisotopic (exact) mass is 377 g/mol. The van der Waals surface area contributed by atoms with Gasteiger partial charge >= 0.3 is 0 Å². The van der Waals surface area contributed by atoms with Gasteiger partial charge in [-0.05, 0) is 36.5 Å². The van der Waals surface area contributed by atoms with Gasteiger partial charge in [0.1, 0.15) is 17.7 Å². The number of amides is 1. The number of fused-ring (bicyclic) bond motifs is 1. The van der Waals surface area contributed by atoms with E-state index in [4.69, 9.17) is 4.84 Å². The zero-order valence-corrected chi connectivity index (χ0v) is 15.0. The highest BCUT2D eigenvalue weighted by molar-refractivity contribution is 5.92. The number of aromatic nitrogens is 2. The second-order valence-electron chi connectivity index (χ2n) is 6.86. The molecule has 1 saturated heterocycles. The molecule has 9 heteroatoms. The van der Waals surface area contributed by atoms with Crippen LogP contribution in [0.15, 0.2) is 24.4 Å². The molecule has 1 amide bonds. The van der Waals surface area contributed by atoms with Gasteiger partial charge in [0.2, 0.25) is 0 Å². The van der Waals surface area contributed by atoms with Crippen molar-refractivity contribution < 1.29 is 18.4 Å². The number of rotatable bonds is 4. The molecule has 1 aliphatic heterocycles. The van der Waals surface area contributed by atoms with Crippen molar-refractivity contribution in [1.29, 1.82) is 0 Å². The van der Waals surface area contributed by atoms with E-state index < -0.39 is 18.8 Å². The average molecular weight is 377 g/mol. The number of hydrogen-bond donors (Lipinski definition) is 3. The molecule has 0 bridgehead atoms. The minimum Gasteiger partial charge on any atom is -0.344 e. The molecule has 2 unspecified atom stereocenters. The summed E-state index contributed by atoms with van der Waals surface area (Å²) in [5.41, 5.74) is 6.10. The lowest BCUT2D eigenvalue weighted by Crippen LogP contribution is -2.32. The third-order valence-electron chi connectivity index (χ3n) is 5.21. The van der Waals surface area contributed by atoms with Crippen molar-refractivity contribution in [2.45, 2.75) is 44.6 Å². The summed E-state index contributed by atoms with van der Waals surface area (Å²) in [7, 11) is 1.81. The van der Waals surface area contributed by atoms with Crippen molar-refractivity contribution in [1.82, 2.24) is 25.7 Å². The molecule has 2 aromatic rings. The molecule has 1 aromatic carbocycles. The van der Waals surface area contributed by atoms with E-state index in [0.29, 0.717) is 5.69 Å². The number of hydroxylamine groups is 1. The lowest BCUT2D eigenvalue weighted by Gasteiger charge is -2.16. The molecule has 0 spiro atoms. The van der Waals surface area contributed by atoms with E-state index in [2.05, 4.69) is 21.1 Å². The first-order chi connectivity index (χ1) is 12.9. The Morgan fingerprint density at radius 2 is 2.26 bits per heavy atom. The van der Waals surface area contributed by atoms with Gasteiger partial charge in [-0.25, -0.2) is 13.8 Å². The number of carbonyl (C=O) groups excluding carboxylic acids is 1. The zero-order chi connectivity index (χ0) is 19.1. The molecule has 1 aliphatic carbocycles. The van der Waals surface area contributed by atoms with Crippen LogP contribution < -0.4 is 16.1 Å². The normalized spacial score (nSPS) is 24.4. The maximum atomic E-state index is 12.7. The Morgan fingerprint density at radius 3 is 2.93 bits per heavy atom. The highest BCUT2D eigenvalue weighted by atomic mass is 19.3. The van der Waals surface area contributed by atoms with Crippen molar-refractivity contribution in [3.63, 3.8) is 0 Å². The van der Waals surface area contributed by atoms with E-state index in [0.717, 1.165) is 35.4 Å². The molecule has 0 saturated carbocycles. The Hall–Kier alpha value is -2.36. The first-order valence-electron chi connectivity index (χ1n) is 8.81. The van der Waals surface area contributed by atoms with E-state index in [-0.39, 0.29) is 11.9 Å². The Morgan fingerprint density at radius 1 is 1.44 bits per heavy atom. The third-order valence-corrected chi connectivity index (χ3v) is 5.21. The number of nitrogens with one attached hydrogen (secondary N) is 3. The van der Waals surface area contributed by atoms with E-state index in [1.807, 2.05) is 32.2 Å². The van der Waals surface area contributed by atoms with Crippen molar-refractivity contribution in [2.24, 2.45) is 7.05 Å². The Labute approximate surface area is 155 Å². The molecular weight excluding hydrogens is 356 g/mol. The van der Waals surface area contributed by atoms with Crippen LogP contribution in [0.1, 0.15) is 51.6 Å². The van der Waals surface area contributed by atoms with Gasteiger partial charge in [0.15, 0.2) is 6.23 Å². The molecule has 7 nitrogen and oxygen atoms in total. The SMILES string of the molecule is Cc1ncc(C(=O)N[C@@H]2CCc3cc(C4NOC(C(F)F)N4)ccc32)n1C. The maximum Gasteiger partial charge on any atom is 0.279 e. The van der Waals surface area contributed by atoms with E-state index in [9.17, 15) is 13.6 Å². The summed E-state index contributed by atoms with van der Waals surface area (Å²) in [6.45, 7) is 1.84. The van der Waals surface area contributed by atoms with Crippen LogP contribution >= 0.6 is 0 Å². The second kappa shape index (κ2) is 6.99. The maximum absolute atomic E-state index is 12.7. The number of aryl methyl sites for hydroxylation is 2. The summed E-state index contributed by atoms with van der Waals surface area (Å²) in [6.07, 6.45) is -1.24. The molecule has 3 atom stereocenters. The summed E-state index contributed by atoms with van der Waals surface area (Å²) in [5, 5.41) is 5.77. The summed E-state index contributed by atoms with van der Waals surface area (Å²) in [6, 6.07) is 5.69. The summed E-state index contributed by atoms with van der Waals surface area (Å²) < 4.78 is 27.2. The lowest BCUT2D eigenvalue weighted by atomic mass is 10.0. The van der Waals surface area contributed by atoms with Gasteiger partial charge in [-0.2, -0.15) is 5.48 Å². The van der Waals surface area contributed by atoms with Crippen LogP contribution in [0.3, 0.4) is 0 Å². The molecule has 0 radical (unpaired) electrons. The van der Waals surface area contributed by atoms with Gasteiger partial charge in [0.25, 0.3) is 12.3 Å². The standard InChI is InChI=1S/C18H21F2N5O2/c1-9-21-8-14(25(9)2)17(26)22-13-6-4-10-7-11(3-5-12(10)13)16-23-18(15(19)20)27-24-16/h3,5,7-8,13,15-16,18,23-24H,4,6H2,1-2H3,(H,22,26)/t13-,16?,18?/m1/s1. The summed E-state index contributed by atoms with van der Waals surface area (Å²) >= 11 is 0. The molecule has 4 rings (SSSR count). The Balaban J connectivity index is 1.47. The number of hydrogen-bond acceptors (Lipinski definition) is 5. The van der Waals surface area contributed by atoms with Crippen LogP contribution in [0.25, 0.3) is 0 Å². The van der Waals surface area contributed by atoms with Crippen LogP contribution in [0, 0.1) is 6.92 Å². The van der Waals surface area contributed by atoms with Crippen molar-refractivity contribution in [3.05, 3.63) is 52.6 Å². The minimum atomic E-state index is -2.60. The quantitative estimate of drug-likeness (QED) is 0.758. The predicted molar refractivity (Wildman–Crippen MR) is 92.8 cm³/mol. The predicted octanol–water partition coefficient (Wildman–Crippen LogP) is 1.86. The van der Waals surface area contributed by atoms with Crippen LogP contribution in [0.2, 0.25) is 0 Å². The molecule has 144 valence electrons. The molecule has 1 aromatic heterocycles. The fourth-order valence-electron chi connectivity index (χ4n) is 3.57. The average Bonchev–Trinajstić information content (AvgIpc) is 3.35. The van der Waals surface area contributed by atoms with Gasteiger partial charge in [-0.15, -0.1) is 0 Å². The minimum absolute atomic E-state index is 0.0775. The number of nitrogens with zero attached hydrogens (tertiary/aromatic N) is 2. The van der Waals surface area contributed by atoms with Crippen molar-refractivity contribution in [2.75, 3.05) is 0 Å². The van der Waals surface area contributed by atoms with Gasteiger partial charge in [-0.3, -0.25) is 14.9 Å². The Kier molecular flexibility index (Phi) is 4.67. The summed E-state index contributed by atoms with van der Waals surface area (Å²) in [5.74, 6) is 0.616. The Bertz CT molecular complexity index is 869. The molecule has 3 N–H and O–H groups in total. The highest BCUT2D eigenvalue weighted by Crippen LogP contribution is 2.33. The van der Waals surface area contributed by atoms with Gasteiger partial charge in [0.05, 0.1) is 12.2 Å². The largest absolute Gasteiger partial charge is 0.344 e. The first kappa shape index (κ1) is 18.0. The number of benzene rings is 1. The van der Waals surface area contributed by atoms with Crippen LogP contribution in [-0.2, 0) is 18.3 Å². The third kappa shape index (κ3) is 3.33. The van der Waals surface area contributed by atoms with Gasteiger partial charge in [0, 0.05) is 7.05 Å². The van der Waals surface area contributed by atoms with E-state index in [1.54, 1.807) is 10.8 Å². The molecule has 27 heavy (non-hydrogen) atoms. The fourth-order valence-corrected chi connectivity index (χ4v) is 3.57. The lowest BCUT2D eigenvalue weighted by molar-refractivity contribution is -0.0675. The second-order valence-corrected chi connectivity index (χ2v) is 6.86. The van der Waals surface area contributed by atoms with E-state index in [1.165, 1.54) is 0 Å². The van der Waals surface area contributed by atoms with Gasteiger partial charge < -0.3 is 9.88 Å². The van der Waals surface area contributed by atoms with Crippen LogP contribution in [-0.4, -0.2) is 28.1 Å². The fraction of sp³-hybridized carbons (Fsp3) is 0.444. The smallest absolute Gasteiger partial charge is 0.279 e. The number of alkyl halides is 2. The zero-order valence-electron chi connectivity index (χ0n) is 15.0. The van der Waals surface area contributed by atoms with Gasteiger partial charge in [-0.1, -0.05) is 18.2 Å². The van der Waals surface area contributed by atoms with Crippen LogP contribution in [0.4, 0.5) is 8.78 Å². The molecule has 1 fully saturated rings. The van der Waals surface area contributed by atoms with Crippen molar-refractivity contribution in [3.8, 4) is 0 Å². The van der Waals surface area contributed by atoms with Crippen LogP contribution in [0.5, 0.6) is 0 Å². The summed E-state index contributed by atoms with van der Waals surface area (Å²) in [4.78, 5) is 21.6.